The molecule has 0 aliphatic carbocycles. The van der Waals surface area contributed by atoms with E-state index in [4.69, 9.17) is 4.74 Å². The number of carboxylic acid groups (broad SMARTS) is 1. The highest BCUT2D eigenvalue weighted by atomic mass is 19.1. The van der Waals surface area contributed by atoms with Gasteiger partial charge >= 0.3 is 5.97 Å². The summed E-state index contributed by atoms with van der Waals surface area (Å²) in [6, 6.07) is 11.4. The van der Waals surface area contributed by atoms with Crippen LogP contribution in [0, 0.1) is 5.82 Å². The second-order valence-electron chi connectivity index (χ2n) is 4.20. The average Bonchev–Trinajstić information content (AvgIpc) is 2.46. The minimum absolute atomic E-state index is 0.369. The lowest BCUT2D eigenvalue weighted by atomic mass is 10.1. The first-order chi connectivity index (χ1) is 9.60. The van der Waals surface area contributed by atoms with E-state index in [9.17, 15) is 14.3 Å². The van der Waals surface area contributed by atoms with Crippen LogP contribution in [0.25, 0.3) is 0 Å². The van der Waals surface area contributed by atoms with E-state index >= 15 is 0 Å². The van der Waals surface area contributed by atoms with Gasteiger partial charge in [-0.1, -0.05) is 12.1 Å². The van der Waals surface area contributed by atoms with Crippen molar-refractivity contribution in [2.24, 2.45) is 0 Å². The molecule has 0 aliphatic rings. The second kappa shape index (κ2) is 6.06. The summed E-state index contributed by atoms with van der Waals surface area (Å²) in [7, 11) is 1.54. The molecule has 0 amide bonds. The van der Waals surface area contributed by atoms with Crippen molar-refractivity contribution >= 4 is 11.7 Å². The van der Waals surface area contributed by atoms with E-state index in [1.165, 1.54) is 24.3 Å². The van der Waals surface area contributed by atoms with E-state index < -0.39 is 12.0 Å². The van der Waals surface area contributed by atoms with Crippen LogP contribution in [0.2, 0.25) is 0 Å². The Morgan fingerprint density at radius 1 is 1.15 bits per heavy atom. The van der Waals surface area contributed by atoms with Crippen molar-refractivity contribution in [1.29, 1.82) is 0 Å². The zero-order valence-corrected chi connectivity index (χ0v) is 10.8. The lowest BCUT2D eigenvalue weighted by Gasteiger charge is -2.16. The fourth-order valence-corrected chi connectivity index (χ4v) is 1.80. The fraction of sp³-hybridized carbons (Fsp3) is 0.133. The summed E-state index contributed by atoms with van der Waals surface area (Å²) in [5, 5.41) is 12.2. The number of carboxylic acids is 1. The molecule has 4 nitrogen and oxygen atoms in total. The summed E-state index contributed by atoms with van der Waals surface area (Å²) in [5.41, 5.74) is 1.12. The summed E-state index contributed by atoms with van der Waals surface area (Å²) in [5.74, 6) is -0.731. The number of hydrogen-bond donors (Lipinski definition) is 2. The molecular weight excluding hydrogens is 261 g/mol. The number of benzene rings is 2. The van der Waals surface area contributed by atoms with Crippen LogP contribution in [-0.4, -0.2) is 18.2 Å². The Morgan fingerprint density at radius 2 is 1.75 bits per heavy atom. The molecule has 20 heavy (non-hydrogen) atoms. The molecular formula is C15H14FNO3. The van der Waals surface area contributed by atoms with Gasteiger partial charge in [-0.2, -0.15) is 0 Å². The van der Waals surface area contributed by atoms with E-state index in [0.717, 1.165) is 0 Å². The normalized spacial score (nSPS) is 11.7. The third kappa shape index (κ3) is 3.26. The third-order valence-electron chi connectivity index (χ3n) is 2.85. The van der Waals surface area contributed by atoms with E-state index in [1.54, 1.807) is 31.4 Å². The number of nitrogens with one attached hydrogen (secondary N) is 1. The summed E-state index contributed by atoms with van der Waals surface area (Å²) >= 11 is 0. The quantitative estimate of drug-likeness (QED) is 0.880. The number of rotatable bonds is 5. The molecule has 1 atom stereocenters. The van der Waals surface area contributed by atoms with Gasteiger partial charge in [-0.3, -0.25) is 0 Å². The van der Waals surface area contributed by atoms with E-state index in [1.807, 2.05) is 0 Å². The summed E-state index contributed by atoms with van der Waals surface area (Å²) in [4.78, 5) is 11.4. The van der Waals surface area contributed by atoms with Gasteiger partial charge in [0.1, 0.15) is 11.6 Å². The number of anilines is 1. The number of carbonyl (C=O) groups is 1. The zero-order valence-electron chi connectivity index (χ0n) is 10.8. The summed E-state index contributed by atoms with van der Waals surface area (Å²) in [6.07, 6.45) is 0. The topological polar surface area (TPSA) is 58.6 Å². The minimum Gasteiger partial charge on any atom is -0.497 e. The van der Waals surface area contributed by atoms with Gasteiger partial charge in [-0.15, -0.1) is 0 Å². The molecule has 0 aromatic heterocycles. The van der Waals surface area contributed by atoms with Crippen molar-refractivity contribution in [1.82, 2.24) is 0 Å². The van der Waals surface area contributed by atoms with Crippen LogP contribution >= 0.6 is 0 Å². The van der Waals surface area contributed by atoms with Crippen LogP contribution in [0.15, 0.2) is 48.5 Å². The van der Waals surface area contributed by atoms with Gasteiger partial charge in [0, 0.05) is 5.69 Å². The largest absolute Gasteiger partial charge is 0.497 e. The highest BCUT2D eigenvalue weighted by Gasteiger charge is 2.19. The van der Waals surface area contributed by atoms with Gasteiger partial charge in [-0.25, -0.2) is 9.18 Å². The Bertz CT molecular complexity index is 581. The van der Waals surface area contributed by atoms with Crippen LogP contribution in [0.4, 0.5) is 10.1 Å². The van der Waals surface area contributed by atoms with Crippen molar-refractivity contribution in [3.63, 3.8) is 0 Å². The third-order valence-corrected chi connectivity index (χ3v) is 2.85. The van der Waals surface area contributed by atoms with Gasteiger partial charge in [-0.05, 0) is 42.0 Å². The maximum absolute atomic E-state index is 12.8. The first-order valence-electron chi connectivity index (χ1n) is 5.99. The molecule has 104 valence electrons. The fourth-order valence-electron chi connectivity index (χ4n) is 1.80. The summed E-state index contributed by atoms with van der Waals surface area (Å²) < 4.78 is 17.9. The van der Waals surface area contributed by atoms with Gasteiger partial charge in [0.15, 0.2) is 6.04 Å². The molecule has 0 fully saturated rings. The highest BCUT2D eigenvalue weighted by Crippen LogP contribution is 2.22. The highest BCUT2D eigenvalue weighted by molar-refractivity contribution is 5.79. The van der Waals surface area contributed by atoms with Crippen molar-refractivity contribution in [3.8, 4) is 5.75 Å². The smallest absolute Gasteiger partial charge is 0.330 e. The molecule has 2 rings (SSSR count). The number of ether oxygens (including phenoxy) is 1. The van der Waals surface area contributed by atoms with E-state index in [2.05, 4.69) is 5.32 Å². The molecule has 0 heterocycles. The molecule has 0 aliphatic heterocycles. The lowest BCUT2D eigenvalue weighted by molar-refractivity contribution is -0.138. The van der Waals surface area contributed by atoms with Crippen LogP contribution in [-0.2, 0) is 4.79 Å². The van der Waals surface area contributed by atoms with Crippen LogP contribution in [0.1, 0.15) is 11.6 Å². The molecule has 2 aromatic rings. The zero-order chi connectivity index (χ0) is 14.5. The van der Waals surface area contributed by atoms with Gasteiger partial charge in [0.2, 0.25) is 0 Å². The number of hydrogen-bond acceptors (Lipinski definition) is 3. The molecule has 0 radical (unpaired) electrons. The average molecular weight is 275 g/mol. The number of methoxy groups -OCH3 is 1. The SMILES string of the molecule is COc1ccc(C(Nc2ccc(F)cc2)C(=O)O)cc1. The molecule has 1 unspecified atom stereocenters. The Balaban J connectivity index is 2.22. The first kappa shape index (κ1) is 13.9. The Kier molecular flexibility index (Phi) is 4.20. The van der Waals surface area contributed by atoms with Gasteiger partial charge in [0.25, 0.3) is 0 Å². The minimum atomic E-state index is -1.01. The van der Waals surface area contributed by atoms with Gasteiger partial charge in [0.05, 0.1) is 7.11 Å². The second-order valence-corrected chi connectivity index (χ2v) is 4.20. The molecule has 0 bridgehead atoms. The summed E-state index contributed by atoms with van der Waals surface area (Å²) in [6.45, 7) is 0. The first-order valence-corrected chi connectivity index (χ1v) is 5.99. The van der Waals surface area contributed by atoms with Crippen molar-refractivity contribution in [3.05, 3.63) is 59.9 Å². The van der Waals surface area contributed by atoms with Crippen molar-refractivity contribution in [2.75, 3.05) is 12.4 Å². The van der Waals surface area contributed by atoms with Crippen molar-refractivity contribution < 1.29 is 19.0 Å². The van der Waals surface area contributed by atoms with Crippen LogP contribution < -0.4 is 10.1 Å². The maximum Gasteiger partial charge on any atom is 0.330 e. The Morgan fingerprint density at radius 3 is 2.25 bits per heavy atom. The van der Waals surface area contributed by atoms with Crippen LogP contribution in [0.3, 0.4) is 0 Å². The number of halogens is 1. The monoisotopic (exact) mass is 275 g/mol. The molecule has 0 saturated heterocycles. The molecule has 0 saturated carbocycles. The van der Waals surface area contributed by atoms with Crippen molar-refractivity contribution in [2.45, 2.75) is 6.04 Å². The predicted molar refractivity (Wildman–Crippen MR) is 73.4 cm³/mol. The van der Waals surface area contributed by atoms with Crippen LogP contribution in [0.5, 0.6) is 5.75 Å². The lowest BCUT2D eigenvalue weighted by Crippen LogP contribution is -2.20. The Labute approximate surface area is 115 Å². The Hall–Kier alpha value is -2.56. The predicted octanol–water partition coefficient (Wildman–Crippen LogP) is 3.07. The maximum atomic E-state index is 12.8. The molecule has 2 aromatic carbocycles. The molecule has 2 N–H and O–H groups in total. The van der Waals surface area contributed by atoms with E-state index in [-0.39, 0.29) is 5.82 Å². The molecule has 5 heteroatoms. The van der Waals surface area contributed by atoms with Gasteiger partial charge < -0.3 is 15.2 Å². The molecule has 0 spiro atoms. The van der Waals surface area contributed by atoms with E-state index in [0.29, 0.717) is 17.0 Å². The standard InChI is InChI=1S/C15H14FNO3/c1-20-13-8-2-10(3-9-13)14(15(18)19)17-12-6-4-11(16)5-7-12/h2-9,14,17H,1H3,(H,18,19). The number of aliphatic carboxylic acids is 1.